The van der Waals surface area contributed by atoms with Crippen molar-refractivity contribution in [2.75, 3.05) is 13.6 Å². The number of hydrogen-bond donors (Lipinski definition) is 3. The third-order valence-electron chi connectivity index (χ3n) is 6.76. The van der Waals surface area contributed by atoms with E-state index < -0.39 is 23.6 Å². The van der Waals surface area contributed by atoms with Gasteiger partial charge in [-0.05, 0) is 75.9 Å². The van der Waals surface area contributed by atoms with E-state index in [9.17, 15) is 14.4 Å². The molecule has 0 aliphatic carbocycles. The van der Waals surface area contributed by atoms with Crippen molar-refractivity contribution >= 4 is 23.8 Å². The van der Waals surface area contributed by atoms with E-state index in [1.807, 2.05) is 63.9 Å². The zero-order valence-corrected chi connectivity index (χ0v) is 20.9. The Labute approximate surface area is 202 Å². The Morgan fingerprint density at radius 3 is 2.53 bits per heavy atom. The second kappa shape index (κ2) is 11.0. The molecule has 0 aromatic heterocycles. The number of likely N-dealkylation sites (tertiary alicyclic amines) is 1. The number of nitrogens with zero attached hydrogens (tertiary/aromatic N) is 1. The van der Waals surface area contributed by atoms with Crippen LogP contribution < -0.4 is 20.7 Å². The van der Waals surface area contributed by atoms with Gasteiger partial charge in [0.15, 0.2) is 0 Å². The minimum absolute atomic E-state index is 0.180. The van der Waals surface area contributed by atoms with Gasteiger partial charge in [0.1, 0.15) is 23.4 Å². The highest BCUT2D eigenvalue weighted by Crippen LogP contribution is 2.27. The van der Waals surface area contributed by atoms with Crippen LogP contribution in [0.5, 0.6) is 5.75 Å². The molecule has 3 heterocycles. The van der Waals surface area contributed by atoms with E-state index in [0.717, 1.165) is 24.9 Å². The lowest BCUT2D eigenvalue weighted by molar-refractivity contribution is -0.138. The number of rotatable bonds is 5. The van der Waals surface area contributed by atoms with Gasteiger partial charge in [0.2, 0.25) is 17.7 Å². The molecule has 4 unspecified atom stereocenters. The monoisotopic (exact) mass is 470 g/mol. The minimum atomic E-state index is -1.03. The molecule has 0 saturated carbocycles. The highest BCUT2D eigenvalue weighted by Gasteiger charge is 2.44. The summed E-state index contributed by atoms with van der Waals surface area (Å²) in [6.45, 7) is 8.58. The molecule has 8 nitrogen and oxygen atoms in total. The Bertz CT molecular complexity index is 914. The zero-order chi connectivity index (χ0) is 24.9. The maximum Gasteiger partial charge on any atom is 0.247 e. The molecular formula is C26H38N4O4. The molecule has 2 bridgehead atoms. The fraction of sp³-hybridized carbons (Fsp3) is 0.577. The summed E-state index contributed by atoms with van der Waals surface area (Å²) >= 11 is 0. The van der Waals surface area contributed by atoms with Crippen molar-refractivity contribution in [3.05, 3.63) is 36.0 Å². The van der Waals surface area contributed by atoms with Gasteiger partial charge in [0, 0.05) is 6.20 Å². The van der Waals surface area contributed by atoms with Crippen LogP contribution in [0.3, 0.4) is 0 Å². The van der Waals surface area contributed by atoms with E-state index in [1.165, 1.54) is 0 Å². The molecule has 34 heavy (non-hydrogen) atoms. The topological polar surface area (TPSA) is 99.8 Å². The van der Waals surface area contributed by atoms with Crippen LogP contribution >= 0.6 is 0 Å². The second-order valence-electron chi connectivity index (χ2n) is 9.95. The molecule has 3 aliphatic heterocycles. The Morgan fingerprint density at radius 2 is 1.94 bits per heavy atom. The van der Waals surface area contributed by atoms with Crippen molar-refractivity contribution in [2.24, 2.45) is 5.92 Å². The number of ether oxygens (including phenoxy) is 1. The van der Waals surface area contributed by atoms with Crippen LogP contribution in [0.1, 0.15) is 58.9 Å². The molecular weight excluding hydrogens is 432 g/mol. The van der Waals surface area contributed by atoms with Crippen molar-refractivity contribution in [3.63, 3.8) is 0 Å². The number of likely N-dealkylation sites (N-methyl/N-ethyl adjacent to an activating group) is 1. The van der Waals surface area contributed by atoms with E-state index in [4.69, 9.17) is 4.74 Å². The van der Waals surface area contributed by atoms with Crippen LogP contribution in [0.25, 0.3) is 6.08 Å². The molecule has 0 spiro atoms. The minimum Gasteiger partial charge on any atom is -0.485 e. The molecule has 4 rings (SSSR count). The van der Waals surface area contributed by atoms with Gasteiger partial charge in [-0.1, -0.05) is 32.9 Å². The summed E-state index contributed by atoms with van der Waals surface area (Å²) in [5.41, 5.74) is -0.126. The predicted octanol–water partition coefficient (Wildman–Crippen LogP) is 2.44. The molecule has 1 saturated heterocycles. The first-order chi connectivity index (χ1) is 16.1. The Hall–Kier alpha value is -2.87. The first-order valence-electron chi connectivity index (χ1n) is 12.2. The Kier molecular flexibility index (Phi) is 8.36. The van der Waals surface area contributed by atoms with Crippen LogP contribution in [0, 0.1) is 5.92 Å². The quantitative estimate of drug-likeness (QED) is 0.614. The summed E-state index contributed by atoms with van der Waals surface area (Å²) in [5, 5.41) is 8.66. The van der Waals surface area contributed by atoms with Crippen LogP contribution in [-0.2, 0) is 14.4 Å². The number of nitrogens with one attached hydrogen (secondary N) is 3. The summed E-state index contributed by atoms with van der Waals surface area (Å²) in [6, 6.07) is 5.39. The summed E-state index contributed by atoms with van der Waals surface area (Å²) in [7, 11) is 1.92. The number of hydrogen-bond acceptors (Lipinski definition) is 5. The molecule has 186 valence electrons. The predicted molar refractivity (Wildman–Crippen MR) is 132 cm³/mol. The summed E-state index contributed by atoms with van der Waals surface area (Å²) in [5.74, 6) is -0.151. The van der Waals surface area contributed by atoms with Gasteiger partial charge in [-0.25, -0.2) is 0 Å². The molecule has 3 amide bonds. The number of carbonyl (C=O) groups is 3. The molecule has 0 radical (unpaired) electrons. The van der Waals surface area contributed by atoms with Crippen LogP contribution in [0.4, 0.5) is 0 Å². The highest BCUT2D eigenvalue weighted by atomic mass is 16.5. The van der Waals surface area contributed by atoms with Gasteiger partial charge >= 0.3 is 0 Å². The summed E-state index contributed by atoms with van der Waals surface area (Å²) < 4.78 is 6.35. The van der Waals surface area contributed by atoms with E-state index in [1.54, 1.807) is 12.3 Å². The fourth-order valence-corrected chi connectivity index (χ4v) is 4.51. The van der Waals surface area contributed by atoms with Crippen molar-refractivity contribution < 1.29 is 19.1 Å². The maximum absolute atomic E-state index is 13.7. The number of carbonyl (C=O) groups excluding carboxylic acids is 3. The standard InChI is InChI=1S/C26H38N4O4/c1-6-26(4)22(29-24(32)21-8-7-15-30(21)5)25(33)28-20(16-17(2)3)23(31)27-14-13-18-9-11-19(34-26)12-10-18/h9-14,17,20-22H,6-8,15-16H2,1-5H3,(H,27,31)(H,28,33)(H,29,32). The van der Waals surface area contributed by atoms with Crippen molar-refractivity contribution in [1.82, 2.24) is 20.9 Å². The zero-order valence-electron chi connectivity index (χ0n) is 20.9. The Morgan fingerprint density at radius 1 is 1.24 bits per heavy atom. The lowest BCUT2D eigenvalue weighted by Gasteiger charge is -2.38. The number of benzene rings is 1. The largest absolute Gasteiger partial charge is 0.485 e. The van der Waals surface area contributed by atoms with Gasteiger partial charge in [0.25, 0.3) is 0 Å². The lowest BCUT2D eigenvalue weighted by Crippen LogP contribution is -2.64. The lowest BCUT2D eigenvalue weighted by atomic mass is 9.90. The normalized spacial score (nSPS) is 28.2. The van der Waals surface area contributed by atoms with Crippen LogP contribution in [0.15, 0.2) is 30.5 Å². The molecule has 3 aliphatic rings. The molecule has 1 aromatic rings. The van der Waals surface area contributed by atoms with Gasteiger partial charge < -0.3 is 20.7 Å². The fourth-order valence-electron chi connectivity index (χ4n) is 4.51. The SMILES string of the molecule is CCC1(C)Oc2ccc(cc2)C=CNC(=O)C(CC(C)C)NC(=O)C1NC(=O)C1CCCN1C. The van der Waals surface area contributed by atoms with Gasteiger partial charge in [0.05, 0.1) is 6.04 Å². The summed E-state index contributed by atoms with van der Waals surface area (Å²) in [6.07, 6.45) is 5.98. The second-order valence-corrected chi connectivity index (χ2v) is 9.95. The smallest absolute Gasteiger partial charge is 0.247 e. The van der Waals surface area contributed by atoms with Crippen LogP contribution in [0.2, 0.25) is 0 Å². The highest BCUT2D eigenvalue weighted by molar-refractivity contribution is 5.94. The van der Waals surface area contributed by atoms with Gasteiger partial charge in [-0.2, -0.15) is 0 Å². The third kappa shape index (κ3) is 6.17. The van der Waals surface area contributed by atoms with E-state index in [-0.39, 0.29) is 23.8 Å². The number of amides is 3. The van der Waals surface area contributed by atoms with Crippen molar-refractivity contribution in [3.8, 4) is 5.75 Å². The average molecular weight is 471 g/mol. The van der Waals surface area contributed by atoms with E-state index >= 15 is 0 Å². The van der Waals surface area contributed by atoms with Gasteiger partial charge in [-0.3, -0.25) is 19.3 Å². The molecule has 3 N–H and O–H groups in total. The molecule has 1 aromatic carbocycles. The van der Waals surface area contributed by atoms with Crippen molar-refractivity contribution in [1.29, 1.82) is 0 Å². The van der Waals surface area contributed by atoms with Crippen LogP contribution in [-0.4, -0.2) is 59.9 Å². The third-order valence-corrected chi connectivity index (χ3v) is 6.76. The number of fused-ring (bicyclic) bond motifs is 10. The van der Waals surface area contributed by atoms with E-state index in [0.29, 0.717) is 18.6 Å². The molecule has 4 atom stereocenters. The average Bonchev–Trinajstić information content (AvgIpc) is 3.22. The van der Waals surface area contributed by atoms with Gasteiger partial charge in [-0.15, -0.1) is 0 Å². The summed E-state index contributed by atoms with van der Waals surface area (Å²) in [4.78, 5) is 41.8. The molecule has 8 heteroatoms. The maximum atomic E-state index is 13.7. The van der Waals surface area contributed by atoms with E-state index in [2.05, 4.69) is 16.0 Å². The van der Waals surface area contributed by atoms with Crippen molar-refractivity contribution in [2.45, 2.75) is 77.1 Å². The molecule has 1 fully saturated rings. The first kappa shape index (κ1) is 25.7. The first-order valence-corrected chi connectivity index (χ1v) is 12.2. The Balaban J connectivity index is 1.99.